The van der Waals surface area contributed by atoms with Crippen molar-refractivity contribution < 1.29 is 17.9 Å². The predicted octanol–water partition coefficient (Wildman–Crippen LogP) is 2.22. The molecule has 1 N–H and O–H groups in total. The average Bonchev–Trinajstić information content (AvgIpc) is 2.63. The average molecular weight is 410 g/mol. The van der Waals surface area contributed by atoms with Crippen LogP contribution in [0.15, 0.2) is 23.1 Å². The van der Waals surface area contributed by atoms with E-state index in [-0.39, 0.29) is 29.6 Å². The van der Waals surface area contributed by atoms with Gasteiger partial charge in [-0.2, -0.15) is 4.31 Å². The van der Waals surface area contributed by atoms with Gasteiger partial charge in [0.25, 0.3) is 0 Å². The normalized spacial score (nSPS) is 24.8. The smallest absolute Gasteiger partial charge is 0.243 e. The molecule has 3 rings (SSSR count). The highest BCUT2D eigenvalue weighted by Gasteiger charge is 2.28. The number of morpholine rings is 1. The maximum Gasteiger partial charge on any atom is 0.243 e. The SMILES string of the molecule is Cc1ccc(NC(=O)CN2CC(C)OC(C)C2)cc1S(=O)(=O)N1CCCCC1. The Bertz CT molecular complexity index is 796. The maximum absolute atomic E-state index is 13.0. The molecule has 0 aliphatic carbocycles. The number of amides is 1. The third-order valence-corrected chi connectivity index (χ3v) is 7.31. The number of anilines is 1. The number of carbonyl (C=O) groups excluding carboxylic acids is 1. The van der Waals surface area contributed by atoms with Crippen molar-refractivity contribution in [2.45, 2.75) is 57.1 Å². The van der Waals surface area contributed by atoms with Crippen molar-refractivity contribution in [3.63, 3.8) is 0 Å². The fourth-order valence-electron chi connectivity index (χ4n) is 4.02. The van der Waals surface area contributed by atoms with Gasteiger partial charge in [-0.25, -0.2) is 8.42 Å². The van der Waals surface area contributed by atoms with Gasteiger partial charge in [0.15, 0.2) is 0 Å². The lowest BCUT2D eigenvalue weighted by Gasteiger charge is -2.34. The quantitative estimate of drug-likeness (QED) is 0.807. The zero-order valence-electron chi connectivity index (χ0n) is 17.0. The molecule has 2 unspecified atom stereocenters. The van der Waals surface area contributed by atoms with Gasteiger partial charge in [-0.05, 0) is 51.3 Å². The first-order valence-corrected chi connectivity index (χ1v) is 11.5. The summed E-state index contributed by atoms with van der Waals surface area (Å²) in [6, 6.07) is 5.10. The van der Waals surface area contributed by atoms with Crippen molar-refractivity contribution in [2.24, 2.45) is 0 Å². The number of hydrogen-bond acceptors (Lipinski definition) is 5. The number of carbonyl (C=O) groups is 1. The molecule has 156 valence electrons. The van der Waals surface area contributed by atoms with E-state index in [0.29, 0.717) is 37.4 Å². The number of aryl methyl sites for hydroxylation is 1. The van der Waals surface area contributed by atoms with Crippen LogP contribution in [0.4, 0.5) is 5.69 Å². The van der Waals surface area contributed by atoms with E-state index in [0.717, 1.165) is 19.3 Å². The number of ether oxygens (including phenoxy) is 1. The summed E-state index contributed by atoms with van der Waals surface area (Å²) >= 11 is 0. The highest BCUT2D eigenvalue weighted by atomic mass is 32.2. The van der Waals surface area contributed by atoms with E-state index in [2.05, 4.69) is 10.2 Å². The van der Waals surface area contributed by atoms with Crippen LogP contribution < -0.4 is 5.32 Å². The molecule has 7 nitrogen and oxygen atoms in total. The van der Waals surface area contributed by atoms with Crippen molar-refractivity contribution in [2.75, 3.05) is 38.0 Å². The van der Waals surface area contributed by atoms with Gasteiger partial charge in [0.1, 0.15) is 0 Å². The van der Waals surface area contributed by atoms with Crippen molar-refractivity contribution >= 4 is 21.6 Å². The largest absolute Gasteiger partial charge is 0.373 e. The van der Waals surface area contributed by atoms with E-state index in [9.17, 15) is 13.2 Å². The summed E-state index contributed by atoms with van der Waals surface area (Å²) in [5.74, 6) is -0.147. The molecule has 1 aromatic rings. The summed E-state index contributed by atoms with van der Waals surface area (Å²) in [6.07, 6.45) is 3.05. The number of hydrogen-bond donors (Lipinski definition) is 1. The Balaban J connectivity index is 1.69. The second-order valence-electron chi connectivity index (χ2n) is 7.94. The summed E-state index contributed by atoms with van der Waals surface area (Å²) < 4.78 is 33.3. The predicted molar refractivity (Wildman–Crippen MR) is 109 cm³/mol. The zero-order chi connectivity index (χ0) is 20.3. The van der Waals surface area contributed by atoms with Crippen molar-refractivity contribution in [3.8, 4) is 0 Å². The second kappa shape index (κ2) is 8.90. The molecular weight excluding hydrogens is 378 g/mol. The first-order valence-electron chi connectivity index (χ1n) is 10.0. The lowest BCUT2D eigenvalue weighted by molar-refractivity contribution is -0.121. The first-order chi connectivity index (χ1) is 13.3. The van der Waals surface area contributed by atoms with Gasteiger partial charge < -0.3 is 10.1 Å². The Morgan fingerprint density at radius 3 is 2.43 bits per heavy atom. The van der Waals surface area contributed by atoms with Crippen LogP contribution in [0.2, 0.25) is 0 Å². The topological polar surface area (TPSA) is 79.0 Å². The summed E-state index contributed by atoms with van der Waals surface area (Å²) in [5.41, 5.74) is 1.21. The standard InChI is InChI=1S/C20H31N3O4S/c1-15-7-8-18(11-19(15)28(25,26)23-9-5-4-6-10-23)21-20(24)14-22-12-16(2)27-17(3)13-22/h7-8,11,16-17H,4-6,9-10,12-14H2,1-3H3,(H,21,24). The fourth-order valence-corrected chi connectivity index (χ4v) is 5.79. The number of benzene rings is 1. The minimum Gasteiger partial charge on any atom is -0.373 e. The molecule has 0 aromatic heterocycles. The van der Waals surface area contributed by atoms with Gasteiger partial charge in [-0.1, -0.05) is 12.5 Å². The molecule has 8 heteroatoms. The monoisotopic (exact) mass is 409 g/mol. The van der Waals surface area contributed by atoms with Gasteiger partial charge in [0.05, 0.1) is 23.6 Å². The second-order valence-corrected chi connectivity index (χ2v) is 9.85. The highest BCUT2D eigenvalue weighted by molar-refractivity contribution is 7.89. The third-order valence-electron chi connectivity index (χ3n) is 5.27. The maximum atomic E-state index is 13.0. The number of nitrogens with zero attached hydrogens (tertiary/aromatic N) is 2. The summed E-state index contributed by atoms with van der Waals surface area (Å²) in [4.78, 5) is 14.8. The van der Waals surface area contributed by atoms with E-state index >= 15 is 0 Å². The van der Waals surface area contributed by atoms with Crippen LogP contribution in [0.1, 0.15) is 38.7 Å². The summed E-state index contributed by atoms with van der Waals surface area (Å²) in [6.45, 7) is 8.59. The van der Waals surface area contributed by atoms with Crippen molar-refractivity contribution in [1.82, 2.24) is 9.21 Å². The van der Waals surface area contributed by atoms with Crippen LogP contribution >= 0.6 is 0 Å². The lowest BCUT2D eigenvalue weighted by Crippen LogP contribution is -2.48. The van der Waals surface area contributed by atoms with E-state index in [1.54, 1.807) is 29.4 Å². The number of piperidine rings is 1. The molecule has 0 saturated carbocycles. The molecule has 1 amide bonds. The molecule has 2 heterocycles. The van der Waals surface area contributed by atoms with Crippen LogP contribution in [0, 0.1) is 6.92 Å². The molecule has 2 aliphatic rings. The number of sulfonamides is 1. The lowest BCUT2D eigenvalue weighted by atomic mass is 10.2. The molecule has 2 saturated heterocycles. The molecule has 2 fully saturated rings. The summed E-state index contributed by atoms with van der Waals surface area (Å²) in [7, 11) is -3.54. The summed E-state index contributed by atoms with van der Waals surface area (Å²) in [5, 5.41) is 2.86. The third kappa shape index (κ3) is 5.11. The molecule has 0 bridgehead atoms. The molecule has 2 aliphatic heterocycles. The van der Waals surface area contributed by atoms with Gasteiger partial charge >= 0.3 is 0 Å². The van der Waals surface area contributed by atoms with Crippen LogP contribution in [0.25, 0.3) is 0 Å². The van der Waals surface area contributed by atoms with E-state index in [4.69, 9.17) is 4.74 Å². The molecular formula is C20H31N3O4S. The molecule has 0 radical (unpaired) electrons. The highest BCUT2D eigenvalue weighted by Crippen LogP contribution is 2.26. The number of rotatable bonds is 5. The number of nitrogens with one attached hydrogen (secondary N) is 1. The fraction of sp³-hybridized carbons (Fsp3) is 0.650. The van der Waals surface area contributed by atoms with Crippen LogP contribution in [-0.4, -0.2) is 68.5 Å². The molecule has 1 aromatic carbocycles. The van der Waals surface area contributed by atoms with Gasteiger partial charge in [-0.3, -0.25) is 9.69 Å². The Morgan fingerprint density at radius 1 is 1.14 bits per heavy atom. The van der Waals surface area contributed by atoms with Crippen LogP contribution in [0.5, 0.6) is 0 Å². The Labute approximate surface area is 168 Å². The van der Waals surface area contributed by atoms with Crippen LogP contribution in [0.3, 0.4) is 0 Å². The minimum absolute atomic E-state index is 0.0946. The Kier molecular flexibility index (Phi) is 6.75. The molecule has 2 atom stereocenters. The zero-order valence-corrected chi connectivity index (χ0v) is 17.8. The van der Waals surface area contributed by atoms with Gasteiger partial charge in [0, 0.05) is 31.9 Å². The van der Waals surface area contributed by atoms with Crippen molar-refractivity contribution in [1.29, 1.82) is 0 Å². The molecule has 0 spiro atoms. The molecule has 28 heavy (non-hydrogen) atoms. The minimum atomic E-state index is -3.54. The van der Waals surface area contributed by atoms with E-state index in [1.165, 1.54) is 0 Å². The van der Waals surface area contributed by atoms with Gasteiger partial charge in [-0.15, -0.1) is 0 Å². The Morgan fingerprint density at radius 2 is 1.79 bits per heavy atom. The van der Waals surface area contributed by atoms with E-state index in [1.807, 2.05) is 13.8 Å². The van der Waals surface area contributed by atoms with Crippen molar-refractivity contribution in [3.05, 3.63) is 23.8 Å². The first kappa shape index (κ1) is 21.2. The Hall–Kier alpha value is -1.48. The van der Waals surface area contributed by atoms with Gasteiger partial charge in [0.2, 0.25) is 15.9 Å². The van der Waals surface area contributed by atoms with Crippen LogP contribution in [-0.2, 0) is 19.6 Å². The van der Waals surface area contributed by atoms with E-state index < -0.39 is 10.0 Å².